The van der Waals surface area contributed by atoms with Gasteiger partial charge in [-0.3, -0.25) is 9.59 Å². The molecule has 0 aliphatic heterocycles. The maximum Gasteiger partial charge on any atom is 0.307 e. The zero-order chi connectivity index (χ0) is 15.1. The van der Waals surface area contributed by atoms with Gasteiger partial charge in [-0.25, -0.2) is 4.39 Å². The summed E-state index contributed by atoms with van der Waals surface area (Å²) in [4.78, 5) is 23.8. The van der Waals surface area contributed by atoms with Gasteiger partial charge < -0.3 is 10.4 Å². The van der Waals surface area contributed by atoms with Crippen molar-refractivity contribution in [3.8, 4) is 0 Å². The van der Waals surface area contributed by atoms with E-state index in [1.165, 1.54) is 6.07 Å². The molecule has 2 aliphatic rings. The number of carbonyl (C=O) groups excluding carboxylic acids is 1. The maximum atomic E-state index is 13.5. The fourth-order valence-electron chi connectivity index (χ4n) is 3.92. The number of halogens is 1. The van der Waals surface area contributed by atoms with E-state index in [4.69, 9.17) is 0 Å². The van der Waals surface area contributed by atoms with Crippen molar-refractivity contribution in [2.45, 2.75) is 26.2 Å². The van der Waals surface area contributed by atoms with Gasteiger partial charge >= 0.3 is 5.97 Å². The van der Waals surface area contributed by atoms with E-state index in [2.05, 4.69) is 5.32 Å². The number of aliphatic carboxylic acids is 1. The lowest BCUT2D eigenvalue weighted by atomic mass is 9.78. The maximum absolute atomic E-state index is 13.5. The Hall–Kier alpha value is -1.91. The van der Waals surface area contributed by atoms with E-state index < -0.39 is 17.8 Å². The Labute approximate surface area is 122 Å². The SMILES string of the molecule is Cc1ccc(NC(=O)C2C3CCC(C3)C2C(=O)O)cc1F. The molecule has 0 spiro atoms. The van der Waals surface area contributed by atoms with Crippen LogP contribution >= 0.6 is 0 Å². The van der Waals surface area contributed by atoms with Crippen LogP contribution in [-0.4, -0.2) is 17.0 Å². The summed E-state index contributed by atoms with van der Waals surface area (Å²) in [6, 6.07) is 4.51. The highest BCUT2D eigenvalue weighted by atomic mass is 19.1. The molecule has 2 bridgehead atoms. The van der Waals surface area contributed by atoms with E-state index >= 15 is 0 Å². The lowest BCUT2D eigenvalue weighted by molar-refractivity contribution is -0.148. The summed E-state index contributed by atoms with van der Waals surface area (Å²) in [5.41, 5.74) is 0.895. The number of carboxylic acid groups (broad SMARTS) is 1. The summed E-state index contributed by atoms with van der Waals surface area (Å²) in [5, 5.41) is 12.0. The van der Waals surface area contributed by atoms with E-state index in [1.807, 2.05) is 0 Å². The van der Waals surface area contributed by atoms with Gasteiger partial charge in [-0.05, 0) is 55.7 Å². The molecule has 4 nitrogen and oxygen atoms in total. The number of fused-ring (bicyclic) bond motifs is 2. The second-order valence-corrected chi connectivity index (χ2v) is 6.18. The molecule has 2 N–H and O–H groups in total. The molecule has 1 aromatic carbocycles. The van der Waals surface area contributed by atoms with Crippen molar-refractivity contribution in [2.24, 2.45) is 23.7 Å². The number of rotatable bonds is 3. The van der Waals surface area contributed by atoms with Crippen molar-refractivity contribution >= 4 is 17.6 Å². The van der Waals surface area contributed by atoms with Gasteiger partial charge in [0.1, 0.15) is 5.82 Å². The molecule has 4 unspecified atom stereocenters. The third-order valence-electron chi connectivity index (χ3n) is 4.94. The Kier molecular flexibility index (Phi) is 3.43. The van der Waals surface area contributed by atoms with Crippen molar-refractivity contribution in [1.29, 1.82) is 0 Å². The summed E-state index contributed by atoms with van der Waals surface area (Å²) in [6.07, 6.45) is 2.62. The Balaban J connectivity index is 1.78. The number of hydrogen-bond donors (Lipinski definition) is 2. The zero-order valence-corrected chi connectivity index (χ0v) is 11.8. The van der Waals surface area contributed by atoms with Gasteiger partial charge in [-0.2, -0.15) is 0 Å². The molecule has 21 heavy (non-hydrogen) atoms. The molecule has 1 amide bonds. The topological polar surface area (TPSA) is 66.4 Å². The van der Waals surface area contributed by atoms with Crippen LogP contribution in [0.15, 0.2) is 18.2 Å². The number of benzene rings is 1. The lowest BCUT2D eigenvalue weighted by Crippen LogP contribution is -2.37. The first kappa shape index (κ1) is 14.0. The molecule has 2 fully saturated rings. The summed E-state index contributed by atoms with van der Waals surface area (Å²) in [5.74, 6) is -2.40. The van der Waals surface area contributed by atoms with Gasteiger partial charge in [0.05, 0.1) is 11.8 Å². The largest absolute Gasteiger partial charge is 0.481 e. The average Bonchev–Trinajstić information content (AvgIpc) is 3.03. The van der Waals surface area contributed by atoms with Crippen LogP contribution in [0.1, 0.15) is 24.8 Å². The number of nitrogens with one attached hydrogen (secondary N) is 1. The summed E-state index contributed by atoms with van der Waals surface area (Å²) < 4.78 is 13.5. The van der Waals surface area contributed by atoms with E-state index in [0.29, 0.717) is 11.3 Å². The van der Waals surface area contributed by atoms with Gasteiger partial charge in [0.15, 0.2) is 0 Å². The van der Waals surface area contributed by atoms with Crippen LogP contribution in [0.4, 0.5) is 10.1 Å². The van der Waals surface area contributed by atoms with Gasteiger partial charge in [0.2, 0.25) is 5.91 Å². The Morgan fingerprint density at radius 1 is 1.24 bits per heavy atom. The minimum atomic E-state index is -0.891. The lowest BCUT2D eigenvalue weighted by Gasteiger charge is -2.27. The number of anilines is 1. The van der Waals surface area contributed by atoms with E-state index in [0.717, 1.165) is 19.3 Å². The van der Waals surface area contributed by atoms with Crippen LogP contribution in [0.3, 0.4) is 0 Å². The monoisotopic (exact) mass is 291 g/mol. The predicted molar refractivity (Wildman–Crippen MR) is 75.2 cm³/mol. The molecule has 1 aromatic rings. The van der Waals surface area contributed by atoms with Crippen molar-refractivity contribution in [3.05, 3.63) is 29.6 Å². The molecule has 112 valence electrons. The van der Waals surface area contributed by atoms with E-state index in [-0.39, 0.29) is 23.6 Å². The quantitative estimate of drug-likeness (QED) is 0.900. The number of amides is 1. The minimum absolute atomic E-state index is 0.109. The number of carboxylic acids is 1. The fourth-order valence-corrected chi connectivity index (χ4v) is 3.92. The smallest absolute Gasteiger partial charge is 0.307 e. The van der Waals surface area contributed by atoms with Gasteiger partial charge in [0.25, 0.3) is 0 Å². The molecule has 3 rings (SSSR count). The molecule has 5 heteroatoms. The van der Waals surface area contributed by atoms with Crippen LogP contribution < -0.4 is 5.32 Å². The molecular formula is C16H18FNO3. The first-order chi connectivity index (χ1) is 9.97. The summed E-state index contributed by atoms with van der Waals surface area (Å²) in [7, 11) is 0. The fraction of sp³-hybridized carbons (Fsp3) is 0.500. The molecule has 4 atom stereocenters. The molecule has 2 saturated carbocycles. The number of aryl methyl sites for hydroxylation is 1. The van der Waals surface area contributed by atoms with Crippen LogP contribution in [0, 0.1) is 36.4 Å². The van der Waals surface area contributed by atoms with Gasteiger partial charge in [-0.15, -0.1) is 0 Å². The van der Waals surface area contributed by atoms with E-state index in [1.54, 1.807) is 19.1 Å². The molecule has 2 aliphatic carbocycles. The van der Waals surface area contributed by atoms with Crippen LogP contribution in [0.2, 0.25) is 0 Å². The van der Waals surface area contributed by atoms with Crippen molar-refractivity contribution in [3.63, 3.8) is 0 Å². The summed E-state index contributed by atoms with van der Waals surface area (Å²) in [6.45, 7) is 1.65. The third-order valence-corrected chi connectivity index (χ3v) is 4.94. The number of carbonyl (C=O) groups is 2. The van der Waals surface area contributed by atoms with Crippen molar-refractivity contribution < 1.29 is 19.1 Å². The van der Waals surface area contributed by atoms with Crippen LogP contribution in [0.5, 0.6) is 0 Å². The zero-order valence-electron chi connectivity index (χ0n) is 11.8. The normalized spacial score (nSPS) is 30.4. The second-order valence-electron chi connectivity index (χ2n) is 6.18. The summed E-state index contributed by atoms with van der Waals surface area (Å²) >= 11 is 0. The predicted octanol–water partition coefficient (Wildman–Crippen LogP) is 2.82. The van der Waals surface area contributed by atoms with Crippen LogP contribution in [-0.2, 0) is 9.59 Å². The molecule has 0 radical (unpaired) electrons. The van der Waals surface area contributed by atoms with E-state index in [9.17, 15) is 19.1 Å². The Bertz CT molecular complexity index is 601. The first-order valence-electron chi connectivity index (χ1n) is 7.27. The van der Waals surface area contributed by atoms with Crippen molar-refractivity contribution in [2.75, 3.05) is 5.32 Å². The number of hydrogen-bond acceptors (Lipinski definition) is 2. The van der Waals surface area contributed by atoms with Gasteiger partial charge in [0, 0.05) is 5.69 Å². The Morgan fingerprint density at radius 2 is 1.90 bits per heavy atom. The molecule has 0 saturated heterocycles. The van der Waals surface area contributed by atoms with Crippen LogP contribution in [0.25, 0.3) is 0 Å². The highest BCUT2D eigenvalue weighted by Gasteiger charge is 2.53. The Morgan fingerprint density at radius 3 is 2.52 bits per heavy atom. The second kappa shape index (κ2) is 5.13. The first-order valence-corrected chi connectivity index (χ1v) is 7.27. The molecule has 0 heterocycles. The molecular weight excluding hydrogens is 273 g/mol. The highest BCUT2D eigenvalue weighted by molar-refractivity contribution is 5.96. The standard InChI is InChI=1S/C16H18FNO3/c1-8-2-5-11(7-12(8)17)18-15(19)13-9-3-4-10(6-9)14(13)16(20)21/h2,5,7,9-10,13-14H,3-4,6H2,1H3,(H,18,19)(H,20,21). The average molecular weight is 291 g/mol. The van der Waals surface area contributed by atoms with Gasteiger partial charge in [-0.1, -0.05) is 6.07 Å². The highest BCUT2D eigenvalue weighted by Crippen LogP contribution is 2.52. The third kappa shape index (κ3) is 2.41. The van der Waals surface area contributed by atoms with Crippen molar-refractivity contribution in [1.82, 2.24) is 0 Å². The molecule has 0 aromatic heterocycles. The minimum Gasteiger partial charge on any atom is -0.481 e.